The van der Waals surface area contributed by atoms with Gasteiger partial charge in [-0.05, 0) is 36.2 Å². The number of anilines is 1. The molecule has 6 heteroatoms. The molecule has 0 fully saturated rings. The van der Waals surface area contributed by atoms with Crippen LogP contribution in [0.2, 0.25) is 0 Å². The summed E-state index contributed by atoms with van der Waals surface area (Å²) >= 11 is 0. The molecule has 21 heavy (non-hydrogen) atoms. The number of aliphatic hydroxyl groups is 1. The molecule has 0 bridgehead atoms. The number of amides is 2. The number of benzene rings is 1. The van der Waals surface area contributed by atoms with Crippen LogP contribution in [0.5, 0.6) is 0 Å². The zero-order chi connectivity index (χ0) is 15.2. The fourth-order valence-corrected chi connectivity index (χ4v) is 1.69. The summed E-state index contributed by atoms with van der Waals surface area (Å²) in [7, 11) is 0. The number of hydrogen-bond donors (Lipinski definition) is 3. The van der Waals surface area contributed by atoms with Crippen molar-refractivity contribution in [3.63, 3.8) is 0 Å². The number of hydrogen-bond acceptors (Lipinski definition) is 3. The number of carbonyl (C=O) groups is 1. The van der Waals surface area contributed by atoms with Gasteiger partial charge in [-0.2, -0.15) is 0 Å². The summed E-state index contributed by atoms with van der Waals surface area (Å²) in [5, 5.41) is 15.0. The second-order valence-electron chi connectivity index (χ2n) is 4.62. The first-order chi connectivity index (χ1) is 10.0. The van der Waals surface area contributed by atoms with Gasteiger partial charge in [0, 0.05) is 12.7 Å². The minimum Gasteiger partial charge on any atom is -0.387 e. The number of rotatable bonds is 4. The predicted molar refractivity (Wildman–Crippen MR) is 77.4 cm³/mol. The number of nitrogens with one attached hydrogen (secondary N) is 2. The minimum atomic E-state index is -0.901. The molecule has 0 unspecified atom stereocenters. The molecule has 1 aromatic carbocycles. The van der Waals surface area contributed by atoms with Crippen molar-refractivity contribution in [3.8, 4) is 0 Å². The number of pyridine rings is 1. The van der Waals surface area contributed by atoms with E-state index in [2.05, 4.69) is 15.6 Å². The first-order valence-electron chi connectivity index (χ1n) is 6.45. The molecule has 1 heterocycles. The predicted octanol–water partition coefficient (Wildman–Crippen LogP) is 2.38. The van der Waals surface area contributed by atoms with Crippen molar-refractivity contribution < 1.29 is 14.3 Å². The summed E-state index contributed by atoms with van der Waals surface area (Å²) in [6.07, 6.45) is 0.741. The van der Waals surface area contributed by atoms with Gasteiger partial charge in [-0.25, -0.2) is 14.2 Å². The van der Waals surface area contributed by atoms with Gasteiger partial charge in [-0.3, -0.25) is 5.32 Å². The topological polar surface area (TPSA) is 74.2 Å². The Morgan fingerprint density at radius 3 is 2.62 bits per heavy atom. The summed E-state index contributed by atoms with van der Waals surface area (Å²) in [5.74, 6) is 0.0523. The van der Waals surface area contributed by atoms with Crippen LogP contribution in [-0.2, 0) is 0 Å². The van der Waals surface area contributed by atoms with E-state index in [-0.39, 0.29) is 12.4 Å². The highest BCUT2D eigenvalue weighted by Crippen LogP contribution is 2.12. The van der Waals surface area contributed by atoms with Crippen LogP contribution in [0.4, 0.5) is 15.0 Å². The molecular formula is C15H16FN3O2. The van der Waals surface area contributed by atoms with Crippen LogP contribution < -0.4 is 10.6 Å². The van der Waals surface area contributed by atoms with Crippen molar-refractivity contribution in [2.45, 2.75) is 13.0 Å². The Bertz CT molecular complexity index is 599. The van der Waals surface area contributed by atoms with E-state index in [1.54, 1.807) is 12.3 Å². The maximum Gasteiger partial charge on any atom is 0.320 e. The van der Waals surface area contributed by atoms with Crippen molar-refractivity contribution in [2.75, 3.05) is 11.9 Å². The molecular weight excluding hydrogens is 273 g/mol. The highest BCUT2D eigenvalue weighted by molar-refractivity contribution is 5.88. The molecule has 5 nitrogen and oxygen atoms in total. The Kier molecular flexibility index (Phi) is 4.84. The summed E-state index contributed by atoms with van der Waals surface area (Å²) in [5.41, 5.74) is 1.53. The van der Waals surface area contributed by atoms with Gasteiger partial charge in [0.15, 0.2) is 0 Å². The summed E-state index contributed by atoms with van der Waals surface area (Å²) in [6, 6.07) is 8.51. The number of aromatic nitrogens is 1. The van der Waals surface area contributed by atoms with Gasteiger partial charge in [0.2, 0.25) is 0 Å². The Balaban J connectivity index is 1.83. The lowest BCUT2D eigenvalue weighted by Gasteiger charge is -2.12. The number of urea groups is 1. The lowest BCUT2D eigenvalue weighted by atomic mass is 10.1. The van der Waals surface area contributed by atoms with Crippen LogP contribution in [0, 0.1) is 12.7 Å². The third-order valence-corrected chi connectivity index (χ3v) is 2.86. The molecule has 1 aromatic heterocycles. The van der Waals surface area contributed by atoms with Gasteiger partial charge in [-0.15, -0.1) is 0 Å². The number of aliphatic hydroxyl groups excluding tert-OH is 1. The van der Waals surface area contributed by atoms with Crippen molar-refractivity contribution in [2.24, 2.45) is 0 Å². The van der Waals surface area contributed by atoms with Crippen LogP contribution >= 0.6 is 0 Å². The normalized spacial score (nSPS) is 11.8. The first kappa shape index (κ1) is 14.9. The molecule has 3 N–H and O–H groups in total. The van der Waals surface area contributed by atoms with Crippen molar-refractivity contribution >= 4 is 11.8 Å². The smallest absolute Gasteiger partial charge is 0.320 e. The maximum atomic E-state index is 12.8. The van der Waals surface area contributed by atoms with E-state index in [0.717, 1.165) is 5.56 Å². The molecule has 2 amide bonds. The van der Waals surface area contributed by atoms with E-state index in [1.165, 1.54) is 24.3 Å². The zero-order valence-electron chi connectivity index (χ0n) is 11.5. The number of halogens is 1. The minimum absolute atomic E-state index is 0.0172. The second kappa shape index (κ2) is 6.81. The van der Waals surface area contributed by atoms with E-state index >= 15 is 0 Å². The van der Waals surface area contributed by atoms with Crippen LogP contribution in [0.1, 0.15) is 17.2 Å². The van der Waals surface area contributed by atoms with Gasteiger partial charge >= 0.3 is 6.03 Å². The third kappa shape index (κ3) is 4.54. The van der Waals surface area contributed by atoms with Gasteiger partial charge < -0.3 is 10.4 Å². The van der Waals surface area contributed by atoms with Crippen LogP contribution in [0.3, 0.4) is 0 Å². The maximum absolute atomic E-state index is 12.8. The monoisotopic (exact) mass is 289 g/mol. The fourth-order valence-electron chi connectivity index (χ4n) is 1.69. The SMILES string of the molecule is Cc1ccc(NC(=O)NC[C@@H](O)c2ccc(F)cc2)nc1. The van der Waals surface area contributed by atoms with Crippen LogP contribution in [-0.4, -0.2) is 22.7 Å². The Morgan fingerprint density at radius 2 is 2.00 bits per heavy atom. The van der Waals surface area contributed by atoms with Crippen molar-refractivity contribution in [1.82, 2.24) is 10.3 Å². The largest absolute Gasteiger partial charge is 0.387 e. The number of carbonyl (C=O) groups excluding carboxylic acids is 1. The average molecular weight is 289 g/mol. The molecule has 1 atom stereocenters. The van der Waals surface area contributed by atoms with E-state index in [1.807, 2.05) is 13.0 Å². The van der Waals surface area contributed by atoms with E-state index in [0.29, 0.717) is 11.4 Å². The summed E-state index contributed by atoms with van der Waals surface area (Å²) in [6.45, 7) is 1.92. The van der Waals surface area contributed by atoms with Crippen molar-refractivity contribution in [1.29, 1.82) is 0 Å². The quantitative estimate of drug-likeness (QED) is 0.809. The summed E-state index contributed by atoms with van der Waals surface area (Å²) in [4.78, 5) is 15.7. The summed E-state index contributed by atoms with van der Waals surface area (Å²) < 4.78 is 12.8. The molecule has 0 aliphatic heterocycles. The molecule has 0 radical (unpaired) electrons. The molecule has 0 spiro atoms. The molecule has 0 aliphatic rings. The second-order valence-corrected chi connectivity index (χ2v) is 4.62. The van der Waals surface area contributed by atoms with Gasteiger partial charge in [0.1, 0.15) is 11.6 Å². The first-order valence-corrected chi connectivity index (χ1v) is 6.45. The van der Waals surface area contributed by atoms with Crippen LogP contribution in [0.25, 0.3) is 0 Å². The molecule has 0 aliphatic carbocycles. The van der Waals surface area contributed by atoms with E-state index in [4.69, 9.17) is 0 Å². The van der Waals surface area contributed by atoms with Crippen LogP contribution in [0.15, 0.2) is 42.6 Å². The Morgan fingerprint density at radius 1 is 1.29 bits per heavy atom. The molecule has 0 saturated carbocycles. The lowest BCUT2D eigenvalue weighted by molar-refractivity contribution is 0.175. The molecule has 0 saturated heterocycles. The third-order valence-electron chi connectivity index (χ3n) is 2.86. The Hall–Kier alpha value is -2.47. The molecule has 2 aromatic rings. The standard InChI is InChI=1S/C15H16FN3O2/c1-10-2-7-14(17-8-10)19-15(21)18-9-13(20)11-3-5-12(16)6-4-11/h2-8,13,20H,9H2,1H3,(H2,17,18,19,21)/t13-/m1/s1. The van der Waals surface area contributed by atoms with Crippen molar-refractivity contribution in [3.05, 3.63) is 59.5 Å². The molecule has 2 rings (SSSR count). The number of nitrogens with zero attached hydrogens (tertiary/aromatic N) is 1. The van der Waals surface area contributed by atoms with Gasteiger partial charge in [0.25, 0.3) is 0 Å². The molecule has 110 valence electrons. The van der Waals surface area contributed by atoms with E-state index < -0.39 is 12.1 Å². The van der Waals surface area contributed by atoms with Gasteiger partial charge in [0.05, 0.1) is 6.10 Å². The average Bonchev–Trinajstić information content (AvgIpc) is 2.48. The highest BCUT2D eigenvalue weighted by atomic mass is 19.1. The lowest BCUT2D eigenvalue weighted by Crippen LogP contribution is -2.32. The highest BCUT2D eigenvalue weighted by Gasteiger charge is 2.10. The fraction of sp³-hybridized carbons (Fsp3) is 0.200. The Labute approximate surface area is 121 Å². The van der Waals surface area contributed by atoms with E-state index in [9.17, 15) is 14.3 Å². The number of aryl methyl sites for hydroxylation is 1. The van der Waals surface area contributed by atoms with Gasteiger partial charge in [-0.1, -0.05) is 18.2 Å². The zero-order valence-corrected chi connectivity index (χ0v) is 11.5.